The first-order valence-electron chi connectivity index (χ1n) is 13.9. The topological polar surface area (TPSA) is 132 Å². The summed E-state index contributed by atoms with van der Waals surface area (Å²) in [4.78, 5) is 37.6. The van der Waals surface area contributed by atoms with Crippen molar-refractivity contribution in [1.29, 1.82) is 0 Å². The highest BCUT2D eigenvalue weighted by Crippen LogP contribution is 2.37. The molecule has 218 valence electrons. The van der Waals surface area contributed by atoms with Gasteiger partial charge in [-0.05, 0) is 56.7 Å². The third-order valence-corrected chi connectivity index (χ3v) is 8.57. The Morgan fingerprint density at radius 3 is 2.76 bits per heavy atom. The van der Waals surface area contributed by atoms with Crippen molar-refractivity contribution in [1.82, 2.24) is 35.6 Å². The Labute approximate surface area is 240 Å². The van der Waals surface area contributed by atoms with Crippen LogP contribution in [0.15, 0.2) is 47.1 Å². The smallest absolute Gasteiger partial charge is 0.257 e. The zero-order valence-corrected chi connectivity index (χ0v) is 23.3. The number of ether oxygens (including phenoxy) is 1. The van der Waals surface area contributed by atoms with Crippen LogP contribution in [0.4, 0.5) is 15.9 Å². The highest BCUT2D eigenvalue weighted by atomic mass is 19.1. The van der Waals surface area contributed by atoms with E-state index in [0.717, 1.165) is 37.4 Å². The van der Waals surface area contributed by atoms with Gasteiger partial charge >= 0.3 is 0 Å². The first-order valence-corrected chi connectivity index (χ1v) is 13.9. The number of likely N-dealkylation sites (tertiary alicyclic amines) is 1. The van der Waals surface area contributed by atoms with Crippen molar-refractivity contribution in [3.63, 3.8) is 0 Å². The largest absolute Gasteiger partial charge is 0.494 e. The van der Waals surface area contributed by atoms with E-state index >= 15 is 0 Å². The van der Waals surface area contributed by atoms with E-state index in [1.165, 1.54) is 18.1 Å². The molecule has 0 radical (unpaired) electrons. The second-order valence-electron chi connectivity index (χ2n) is 11.1. The summed E-state index contributed by atoms with van der Waals surface area (Å²) in [6.45, 7) is 2.25. The lowest BCUT2D eigenvalue weighted by Crippen LogP contribution is -2.52. The molecule has 6 heterocycles. The van der Waals surface area contributed by atoms with Gasteiger partial charge in [-0.15, -0.1) is 0 Å². The molecule has 1 atom stereocenters. The van der Waals surface area contributed by atoms with Crippen LogP contribution in [-0.4, -0.2) is 83.3 Å². The lowest BCUT2D eigenvalue weighted by Gasteiger charge is -2.37. The van der Waals surface area contributed by atoms with E-state index in [1.807, 2.05) is 18.3 Å². The fourth-order valence-electron chi connectivity index (χ4n) is 6.30. The molecule has 3 aliphatic heterocycles. The van der Waals surface area contributed by atoms with Gasteiger partial charge in [-0.25, -0.2) is 9.37 Å². The molecule has 1 unspecified atom stereocenters. The molecule has 42 heavy (non-hydrogen) atoms. The molecular weight excluding hydrogens is 543 g/mol. The van der Waals surface area contributed by atoms with Crippen molar-refractivity contribution in [2.75, 3.05) is 45.4 Å². The van der Waals surface area contributed by atoms with Gasteiger partial charge in [0.2, 0.25) is 0 Å². The van der Waals surface area contributed by atoms with Crippen LogP contribution in [0.2, 0.25) is 0 Å². The van der Waals surface area contributed by atoms with Crippen LogP contribution >= 0.6 is 0 Å². The third-order valence-electron chi connectivity index (χ3n) is 8.57. The molecule has 2 fully saturated rings. The van der Waals surface area contributed by atoms with E-state index in [0.29, 0.717) is 22.4 Å². The van der Waals surface area contributed by atoms with Gasteiger partial charge in [0.05, 0.1) is 37.8 Å². The number of anilines is 2. The number of nitrogens with one attached hydrogen (secondary N) is 3. The summed E-state index contributed by atoms with van der Waals surface area (Å²) in [5.41, 5.74) is 1.14. The number of H-pyrrole nitrogens is 1. The maximum atomic E-state index is 15.0. The molecule has 0 spiro atoms. The Bertz CT molecular complexity index is 1670. The Morgan fingerprint density at radius 1 is 1.21 bits per heavy atom. The van der Waals surface area contributed by atoms with Crippen molar-refractivity contribution in [3.8, 4) is 5.75 Å². The minimum Gasteiger partial charge on any atom is -0.494 e. The van der Waals surface area contributed by atoms with Crippen molar-refractivity contribution in [2.45, 2.75) is 31.0 Å². The standard InChI is InChI=1S/C29H31FN8O4/c1-36-9-7-18(8-10-36)38(19-12-33-34-13-19)24-6-5-21-20(35-24)11-23(42-21)29(28(40)31-16-32-29)15-37-14-17-3-4-22(41-2)26(30)25(17)27(37)39/h3-6,11-13,18,32H,7-10,14-16H2,1-2H3,(H,31,40)(H,33,34). The zero-order valence-electron chi connectivity index (χ0n) is 23.3. The predicted octanol–water partition coefficient (Wildman–Crippen LogP) is 2.46. The highest BCUT2D eigenvalue weighted by molar-refractivity contribution is 6.00. The molecule has 13 heteroatoms. The molecule has 0 bridgehead atoms. The average molecular weight is 575 g/mol. The minimum atomic E-state index is -1.38. The Kier molecular flexibility index (Phi) is 6.35. The number of halogens is 1. The average Bonchev–Trinajstić information content (AvgIpc) is 3.79. The molecule has 3 N–H and O–H groups in total. The number of carbonyl (C=O) groups is 2. The van der Waals surface area contributed by atoms with Crippen molar-refractivity contribution in [3.05, 3.63) is 65.4 Å². The Balaban J connectivity index is 1.23. The van der Waals surface area contributed by atoms with E-state index < -0.39 is 17.3 Å². The summed E-state index contributed by atoms with van der Waals surface area (Å²) in [7, 11) is 3.48. The molecule has 1 aromatic carbocycles. The van der Waals surface area contributed by atoms with Gasteiger partial charge < -0.3 is 29.2 Å². The summed E-state index contributed by atoms with van der Waals surface area (Å²) < 4.78 is 26.3. The van der Waals surface area contributed by atoms with Crippen LogP contribution in [0.25, 0.3) is 11.1 Å². The van der Waals surface area contributed by atoms with Gasteiger partial charge in [0, 0.05) is 24.8 Å². The number of aromatic amines is 1. The summed E-state index contributed by atoms with van der Waals surface area (Å²) in [5.74, 6) is -0.471. The maximum Gasteiger partial charge on any atom is 0.257 e. The number of amides is 2. The van der Waals surface area contributed by atoms with E-state index in [4.69, 9.17) is 14.1 Å². The number of carbonyl (C=O) groups excluding carboxylic acids is 2. The van der Waals surface area contributed by atoms with Crippen LogP contribution in [0.5, 0.6) is 5.75 Å². The van der Waals surface area contributed by atoms with Gasteiger partial charge in [0.1, 0.15) is 17.1 Å². The molecule has 4 aromatic rings. The van der Waals surface area contributed by atoms with Gasteiger partial charge in [0.25, 0.3) is 11.8 Å². The van der Waals surface area contributed by atoms with Gasteiger partial charge in [-0.1, -0.05) is 6.07 Å². The molecule has 7 rings (SSSR count). The number of nitrogens with zero attached hydrogens (tertiary/aromatic N) is 5. The number of furan rings is 1. The summed E-state index contributed by atoms with van der Waals surface area (Å²) in [6, 6.07) is 8.92. The number of pyridine rings is 1. The molecule has 2 amide bonds. The number of methoxy groups -OCH3 is 1. The summed E-state index contributed by atoms with van der Waals surface area (Å²) >= 11 is 0. The van der Waals surface area contributed by atoms with Crippen LogP contribution < -0.4 is 20.3 Å². The molecule has 3 aromatic heterocycles. The van der Waals surface area contributed by atoms with Crippen molar-refractivity contribution >= 4 is 34.4 Å². The Morgan fingerprint density at radius 2 is 2.05 bits per heavy atom. The quantitative estimate of drug-likeness (QED) is 0.305. The van der Waals surface area contributed by atoms with Crippen LogP contribution in [0.3, 0.4) is 0 Å². The summed E-state index contributed by atoms with van der Waals surface area (Å²) in [5, 5.41) is 13.1. The van der Waals surface area contributed by atoms with Crippen LogP contribution in [0, 0.1) is 5.82 Å². The number of benzene rings is 1. The van der Waals surface area contributed by atoms with Gasteiger partial charge in [-0.2, -0.15) is 5.10 Å². The van der Waals surface area contributed by atoms with E-state index in [-0.39, 0.29) is 43.0 Å². The monoisotopic (exact) mass is 574 g/mol. The lowest BCUT2D eigenvalue weighted by atomic mass is 9.95. The summed E-state index contributed by atoms with van der Waals surface area (Å²) in [6.07, 6.45) is 5.60. The molecule has 3 aliphatic rings. The maximum absolute atomic E-state index is 15.0. The fraction of sp³-hybridized carbons (Fsp3) is 0.379. The van der Waals surface area contributed by atoms with E-state index in [1.54, 1.807) is 18.3 Å². The zero-order chi connectivity index (χ0) is 29.0. The highest BCUT2D eigenvalue weighted by Gasteiger charge is 2.50. The van der Waals surface area contributed by atoms with Gasteiger partial charge in [0.15, 0.2) is 22.7 Å². The number of hydrogen-bond donors (Lipinski definition) is 3. The lowest BCUT2D eigenvalue weighted by molar-refractivity contribution is -0.125. The van der Waals surface area contributed by atoms with Crippen LogP contribution in [-0.2, 0) is 16.9 Å². The molecule has 0 aliphatic carbocycles. The molecule has 12 nitrogen and oxygen atoms in total. The SMILES string of the molecule is COc1ccc2c(c1F)C(=O)N(CC1(c3cc4nc(N(c5cn[nH]c5)C5CCN(C)CC5)ccc4o3)NCNC1=O)C2. The number of hydrogen-bond acceptors (Lipinski definition) is 9. The van der Waals surface area contributed by atoms with E-state index in [2.05, 4.69) is 37.7 Å². The molecule has 2 saturated heterocycles. The first-order chi connectivity index (χ1) is 20.4. The predicted molar refractivity (Wildman–Crippen MR) is 151 cm³/mol. The fourth-order valence-corrected chi connectivity index (χ4v) is 6.30. The van der Waals surface area contributed by atoms with Crippen LogP contribution in [0.1, 0.15) is 34.5 Å². The Hall–Kier alpha value is -4.49. The normalized spacial score (nSPS) is 21.3. The number of aromatic nitrogens is 3. The van der Waals surface area contributed by atoms with Gasteiger partial charge in [-0.3, -0.25) is 20.0 Å². The van der Waals surface area contributed by atoms with E-state index in [9.17, 15) is 14.0 Å². The molecular formula is C29H31FN8O4. The first kappa shape index (κ1) is 26.4. The second-order valence-corrected chi connectivity index (χ2v) is 11.1. The second kappa shape index (κ2) is 10.1. The van der Waals surface area contributed by atoms with Crippen molar-refractivity contribution in [2.24, 2.45) is 0 Å². The van der Waals surface area contributed by atoms with Crippen molar-refractivity contribution < 1.29 is 23.1 Å². The number of rotatable bonds is 7. The molecule has 0 saturated carbocycles. The minimum absolute atomic E-state index is 0.000674. The number of piperidine rings is 1. The number of fused-ring (bicyclic) bond motifs is 2. The third kappa shape index (κ3) is 4.19.